The molecular formula is C26H21FN4OS2. The number of rotatable bonds is 4. The van der Waals surface area contributed by atoms with Gasteiger partial charge in [0, 0.05) is 11.4 Å². The third kappa shape index (κ3) is 3.63. The maximum Gasteiger partial charge on any atom is 0.258 e. The summed E-state index contributed by atoms with van der Waals surface area (Å²) in [7, 11) is 0. The molecule has 4 aromatic rings. The number of hydrogen-bond acceptors (Lipinski definition) is 5. The molecule has 2 aromatic heterocycles. The van der Waals surface area contributed by atoms with E-state index in [1.54, 1.807) is 23.5 Å². The number of benzene rings is 2. The van der Waals surface area contributed by atoms with Gasteiger partial charge in [-0.05, 0) is 90.8 Å². The largest absolute Gasteiger partial charge is 0.351 e. The normalized spacial score (nSPS) is 17.8. The second-order valence-corrected chi connectivity index (χ2v) is 9.81. The molecule has 170 valence electrons. The Morgan fingerprint density at radius 3 is 2.74 bits per heavy atom. The Labute approximate surface area is 205 Å². The van der Waals surface area contributed by atoms with E-state index in [4.69, 9.17) is 21.7 Å². The van der Waals surface area contributed by atoms with Gasteiger partial charge in [-0.25, -0.2) is 4.39 Å². The molecule has 0 saturated carbocycles. The van der Waals surface area contributed by atoms with Crippen molar-refractivity contribution in [3.05, 3.63) is 94.1 Å². The first-order chi connectivity index (χ1) is 16.6. The molecule has 2 aliphatic rings. The van der Waals surface area contributed by atoms with Crippen LogP contribution in [-0.4, -0.2) is 15.3 Å². The van der Waals surface area contributed by atoms with Crippen molar-refractivity contribution < 1.29 is 8.91 Å². The topological polar surface area (TPSA) is 54.2 Å². The van der Waals surface area contributed by atoms with Crippen molar-refractivity contribution in [1.82, 2.24) is 15.5 Å². The predicted molar refractivity (Wildman–Crippen MR) is 136 cm³/mol. The molecule has 0 radical (unpaired) electrons. The Hall–Kier alpha value is -3.36. The van der Waals surface area contributed by atoms with Gasteiger partial charge in [-0.2, -0.15) is 4.98 Å². The van der Waals surface area contributed by atoms with Crippen LogP contribution in [0.4, 0.5) is 10.1 Å². The van der Waals surface area contributed by atoms with Crippen LogP contribution in [0.5, 0.6) is 0 Å². The fourth-order valence-electron chi connectivity index (χ4n) is 4.77. The third-order valence-electron chi connectivity index (χ3n) is 6.43. The van der Waals surface area contributed by atoms with Crippen LogP contribution in [0.3, 0.4) is 0 Å². The van der Waals surface area contributed by atoms with Crippen LogP contribution in [-0.2, 0) is 12.8 Å². The molecule has 6 rings (SSSR count). The number of fused-ring (bicyclic) bond motifs is 1. The molecule has 1 aliphatic heterocycles. The van der Waals surface area contributed by atoms with Gasteiger partial charge in [0.25, 0.3) is 5.89 Å². The summed E-state index contributed by atoms with van der Waals surface area (Å²) >= 11 is 7.39. The van der Waals surface area contributed by atoms with Gasteiger partial charge in [-0.3, -0.25) is 4.90 Å². The number of halogens is 1. The van der Waals surface area contributed by atoms with Crippen LogP contribution < -0.4 is 10.2 Å². The van der Waals surface area contributed by atoms with Crippen LogP contribution in [0.15, 0.2) is 70.2 Å². The molecule has 0 amide bonds. The van der Waals surface area contributed by atoms with Gasteiger partial charge >= 0.3 is 0 Å². The zero-order valence-corrected chi connectivity index (χ0v) is 20.0. The molecule has 8 heteroatoms. The van der Waals surface area contributed by atoms with Gasteiger partial charge in [0.1, 0.15) is 5.82 Å². The number of thiocarbonyl (C=S) groups is 1. The number of thiophene rings is 1. The molecule has 0 saturated heterocycles. The highest BCUT2D eigenvalue weighted by Crippen LogP contribution is 2.40. The van der Waals surface area contributed by atoms with Crippen molar-refractivity contribution in [2.24, 2.45) is 0 Å². The van der Waals surface area contributed by atoms with Crippen molar-refractivity contribution in [3.63, 3.8) is 0 Å². The summed E-state index contributed by atoms with van der Waals surface area (Å²) in [4.78, 5) is 7.68. The third-order valence-corrected chi connectivity index (χ3v) is 7.59. The molecule has 0 fully saturated rings. The van der Waals surface area contributed by atoms with Gasteiger partial charge in [-0.1, -0.05) is 29.4 Å². The maximum absolute atomic E-state index is 13.7. The summed E-state index contributed by atoms with van der Waals surface area (Å²) in [5, 5.41) is 10.2. The van der Waals surface area contributed by atoms with Crippen molar-refractivity contribution in [2.45, 2.75) is 32.2 Å². The lowest BCUT2D eigenvalue weighted by molar-refractivity contribution is 0.404. The monoisotopic (exact) mass is 488 g/mol. The van der Waals surface area contributed by atoms with Gasteiger partial charge < -0.3 is 9.84 Å². The van der Waals surface area contributed by atoms with E-state index in [0.29, 0.717) is 16.8 Å². The van der Waals surface area contributed by atoms with Crippen molar-refractivity contribution >= 4 is 39.9 Å². The Morgan fingerprint density at radius 2 is 1.94 bits per heavy atom. The second kappa shape index (κ2) is 8.45. The zero-order chi connectivity index (χ0) is 23.2. The lowest BCUT2D eigenvalue weighted by Crippen LogP contribution is -2.46. The average molecular weight is 489 g/mol. The lowest BCUT2D eigenvalue weighted by atomic mass is 9.94. The van der Waals surface area contributed by atoms with E-state index in [1.165, 1.54) is 29.7 Å². The van der Waals surface area contributed by atoms with Gasteiger partial charge in [0.05, 0.1) is 16.5 Å². The van der Waals surface area contributed by atoms with Crippen molar-refractivity contribution in [1.29, 1.82) is 0 Å². The predicted octanol–water partition coefficient (Wildman–Crippen LogP) is 6.29. The average Bonchev–Trinajstić information content (AvgIpc) is 3.60. The van der Waals surface area contributed by atoms with Crippen LogP contribution in [0.25, 0.3) is 16.3 Å². The highest BCUT2D eigenvalue weighted by Gasteiger charge is 2.35. The van der Waals surface area contributed by atoms with Crippen molar-refractivity contribution in [3.8, 4) is 10.7 Å². The Morgan fingerprint density at radius 1 is 1.12 bits per heavy atom. The van der Waals surface area contributed by atoms with Crippen LogP contribution in [0.2, 0.25) is 0 Å². The summed E-state index contributed by atoms with van der Waals surface area (Å²) in [6.07, 6.45) is 3.39. The first-order valence-corrected chi connectivity index (χ1v) is 12.4. The van der Waals surface area contributed by atoms with Gasteiger partial charge in [0.15, 0.2) is 5.11 Å². The minimum Gasteiger partial charge on any atom is -0.351 e. The number of nitrogens with one attached hydrogen (secondary N) is 1. The Bertz CT molecular complexity index is 1410. The molecule has 1 aliphatic carbocycles. The van der Waals surface area contributed by atoms with E-state index in [-0.39, 0.29) is 11.9 Å². The van der Waals surface area contributed by atoms with Gasteiger partial charge in [-0.15, -0.1) is 11.3 Å². The first-order valence-electron chi connectivity index (χ1n) is 11.1. The number of aromatic nitrogens is 2. The fraction of sp³-hybridized carbons (Fsp3) is 0.192. The van der Waals surface area contributed by atoms with E-state index in [1.807, 2.05) is 29.3 Å². The second-order valence-electron chi connectivity index (χ2n) is 8.48. The molecule has 0 bridgehead atoms. The molecule has 1 atom stereocenters. The highest BCUT2D eigenvalue weighted by molar-refractivity contribution is 7.80. The number of anilines is 1. The number of aryl methyl sites for hydroxylation is 2. The van der Waals surface area contributed by atoms with E-state index in [0.717, 1.165) is 40.2 Å². The molecule has 3 heterocycles. The highest BCUT2D eigenvalue weighted by atomic mass is 32.1. The Balaban J connectivity index is 1.49. The number of hydrogen-bond donors (Lipinski definition) is 1. The maximum atomic E-state index is 13.7. The summed E-state index contributed by atoms with van der Waals surface area (Å²) < 4.78 is 19.4. The summed E-state index contributed by atoms with van der Waals surface area (Å²) in [6.45, 7) is 2.02. The molecular weight excluding hydrogens is 467 g/mol. The van der Waals surface area contributed by atoms with Gasteiger partial charge in [0.2, 0.25) is 5.82 Å². The first kappa shape index (κ1) is 21.2. The van der Waals surface area contributed by atoms with E-state index < -0.39 is 0 Å². The van der Waals surface area contributed by atoms with Crippen molar-refractivity contribution in [2.75, 3.05) is 4.90 Å². The van der Waals surface area contributed by atoms with E-state index in [2.05, 4.69) is 28.7 Å². The smallest absolute Gasteiger partial charge is 0.258 e. The Kier molecular flexibility index (Phi) is 5.27. The van der Waals surface area contributed by atoms with E-state index >= 15 is 0 Å². The lowest BCUT2D eigenvalue weighted by Gasteiger charge is -2.37. The molecule has 2 aromatic carbocycles. The minimum atomic E-state index is -0.351. The van der Waals surface area contributed by atoms with Crippen LogP contribution in [0.1, 0.15) is 42.0 Å². The number of nitrogens with zero attached hydrogens (tertiary/aromatic N) is 3. The molecule has 1 N–H and O–H groups in total. The molecule has 5 nitrogen and oxygen atoms in total. The minimum absolute atomic E-state index is 0.290. The summed E-state index contributed by atoms with van der Waals surface area (Å²) in [5.41, 5.74) is 6.36. The van der Waals surface area contributed by atoms with Crippen LogP contribution in [0, 0.1) is 5.82 Å². The SMILES string of the molecule is CC1=C(c2nc(-c3cccs3)no2)C(c2ccc(F)cc2)NC(=S)N1c1ccc2c(c1)CCC2. The fourth-order valence-corrected chi connectivity index (χ4v) is 5.78. The standard InChI is InChI=1S/C26H21FN4OS2/c1-15-22(25-29-24(30-32-25)21-6-3-13-34-21)23(17-7-10-19(27)11-8-17)28-26(33)31(15)20-12-9-16-4-2-5-18(16)14-20/h3,6-14,23H,2,4-5H2,1H3,(H,28,33). The quantitative estimate of drug-likeness (QED) is 0.341. The van der Waals surface area contributed by atoms with Crippen LogP contribution >= 0.6 is 23.6 Å². The number of allylic oxidation sites excluding steroid dienone is 1. The molecule has 0 spiro atoms. The van der Waals surface area contributed by atoms with E-state index in [9.17, 15) is 4.39 Å². The summed E-state index contributed by atoms with van der Waals surface area (Å²) in [6, 6.07) is 16.5. The summed E-state index contributed by atoms with van der Waals surface area (Å²) in [5.74, 6) is 0.665. The zero-order valence-electron chi connectivity index (χ0n) is 18.4. The molecule has 1 unspecified atom stereocenters. The molecule has 34 heavy (non-hydrogen) atoms.